The summed E-state index contributed by atoms with van der Waals surface area (Å²) in [6, 6.07) is 0.0883. The van der Waals surface area contributed by atoms with Crippen molar-refractivity contribution >= 4 is 33.2 Å². The first-order valence-corrected chi connectivity index (χ1v) is 8.43. The van der Waals surface area contributed by atoms with Crippen LogP contribution in [0.5, 0.6) is 0 Å². The van der Waals surface area contributed by atoms with Crippen molar-refractivity contribution in [3.05, 3.63) is 11.2 Å². The normalized spacial score (nSPS) is 19.1. The number of sulfone groups is 1. The van der Waals surface area contributed by atoms with Gasteiger partial charge >= 0.3 is 0 Å². The van der Waals surface area contributed by atoms with Gasteiger partial charge in [0.2, 0.25) is 5.95 Å². The van der Waals surface area contributed by atoms with Crippen LogP contribution in [0.4, 0.5) is 11.8 Å². The second kappa shape index (κ2) is 5.92. The Labute approximate surface area is 117 Å². The van der Waals surface area contributed by atoms with Crippen LogP contribution in [0.1, 0.15) is 19.8 Å². The number of aromatic nitrogens is 2. The van der Waals surface area contributed by atoms with E-state index in [1.807, 2.05) is 6.92 Å². The molecule has 0 spiro atoms. The molecule has 0 aromatic carbocycles. The topological polar surface area (TPSA) is 84.0 Å². The van der Waals surface area contributed by atoms with Gasteiger partial charge in [0, 0.05) is 12.6 Å². The van der Waals surface area contributed by atoms with E-state index in [2.05, 4.69) is 20.6 Å². The molecule has 19 heavy (non-hydrogen) atoms. The minimum absolute atomic E-state index is 0.0883. The maximum Gasteiger partial charge on any atom is 0.224 e. The quantitative estimate of drug-likeness (QED) is 0.878. The zero-order valence-corrected chi connectivity index (χ0v) is 12.3. The number of anilines is 2. The van der Waals surface area contributed by atoms with Gasteiger partial charge in [0.15, 0.2) is 5.82 Å². The van der Waals surface area contributed by atoms with Gasteiger partial charge in [0.05, 0.1) is 17.7 Å². The Bertz CT molecular complexity index is 536. The summed E-state index contributed by atoms with van der Waals surface area (Å²) in [4.78, 5) is 8.33. The van der Waals surface area contributed by atoms with Crippen molar-refractivity contribution in [2.24, 2.45) is 0 Å². The lowest BCUT2D eigenvalue weighted by molar-refractivity contribution is 0.559. The van der Waals surface area contributed by atoms with Crippen LogP contribution in [0, 0.1) is 0 Å². The van der Waals surface area contributed by atoms with Crippen LogP contribution in [-0.2, 0) is 9.84 Å². The van der Waals surface area contributed by atoms with E-state index in [0.717, 1.165) is 6.54 Å². The van der Waals surface area contributed by atoms with Crippen LogP contribution in [-0.4, -0.2) is 42.5 Å². The molecule has 1 aliphatic rings. The van der Waals surface area contributed by atoms with Crippen molar-refractivity contribution < 1.29 is 8.42 Å². The molecule has 106 valence electrons. The summed E-state index contributed by atoms with van der Waals surface area (Å²) in [5.41, 5.74) is 0. The largest absolute Gasteiger partial charge is 0.366 e. The number of rotatable bonds is 4. The average Bonchev–Trinajstić information content (AvgIpc) is 2.36. The van der Waals surface area contributed by atoms with Gasteiger partial charge in [-0.1, -0.05) is 11.6 Å². The Balaban J connectivity index is 2.04. The fourth-order valence-electron chi connectivity index (χ4n) is 1.94. The van der Waals surface area contributed by atoms with Gasteiger partial charge in [-0.15, -0.1) is 0 Å². The van der Waals surface area contributed by atoms with Gasteiger partial charge in [-0.05, 0) is 19.8 Å². The number of hydrogen-bond acceptors (Lipinski definition) is 6. The summed E-state index contributed by atoms with van der Waals surface area (Å²) in [5.74, 6) is 1.50. The Kier molecular flexibility index (Phi) is 4.46. The molecule has 1 aromatic heterocycles. The number of nitrogens with zero attached hydrogens (tertiary/aromatic N) is 2. The smallest absolute Gasteiger partial charge is 0.224 e. The molecular weight excluding hydrogens is 288 g/mol. The summed E-state index contributed by atoms with van der Waals surface area (Å²) in [7, 11) is -2.85. The molecule has 1 aromatic rings. The van der Waals surface area contributed by atoms with Gasteiger partial charge in [0.25, 0.3) is 0 Å². The highest BCUT2D eigenvalue weighted by Crippen LogP contribution is 2.23. The zero-order valence-electron chi connectivity index (χ0n) is 10.7. The zero-order chi connectivity index (χ0) is 13.9. The molecule has 8 heteroatoms. The van der Waals surface area contributed by atoms with Gasteiger partial charge < -0.3 is 10.6 Å². The predicted molar refractivity (Wildman–Crippen MR) is 76.5 cm³/mol. The highest BCUT2D eigenvalue weighted by atomic mass is 35.5. The third-order valence-electron chi connectivity index (χ3n) is 2.97. The summed E-state index contributed by atoms with van der Waals surface area (Å²) in [5, 5.41) is 6.65. The molecule has 1 aliphatic heterocycles. The Morgan fingerprint density at radius 1 is 1.42 bits per heavy atom. The van der Waals surface area contributed by atoms with Crippen molar-refractivity contribution in [3.63, 3.8) is 0 Å². The lowest BCUT2D eigenvalue weighted by Gasteiger charge is -2.24. The van der Waals surface area contributed by atoms with E-state index in [0.29, 0.717) is 29.6 Å². The van der Waals surface area contributed by atoms with Crippen molar-refractivity contribution in [3.8, 4) is 0 Å². The van der Waals surface area contributed by atoms with Crippen LogP contribution in [0.15, 0.2) is 6.20 Å². The van der Waals surface area contributed by atoms with Gasteiger partial charge in [0.1, 0.15) is 14.9 Å². The van der Waals surface area contributed by atoms with E-state index in [4.69, 9.17) is 11.6 Å². The molecule has 1 fully saturated rings. The highest BCUT2D eigenvalue weighted by molar-refractivity contribution is 7.91. The van der Waals surface area contributed by atoms with Crippen molar-refractivity contribution in [1.82, 2.24) is 9.97 Å². The molecule has 6 nitrogen and oxygen atoms in total. The standard InChI is InChI=1S/C11H17ClN4O2S/c1-2-13-11-14-7-9(12)10(16-11)15-8-3-5-19(17,18)6-4-8/h7-8H,2-6H2,1H3,(H2,13,14,15,16). The molecule has 2 heterocycles. The van der Waals surface area contributed by atoms with E-state index in [1.54, 1.807) is 0 Å². The summed E-state index contributed by atoms with van der Waals surface area (Å²) in [6.07, 6.45) is 2.70. The van der Waals surface area contributed by atoms with Crippen molar-refractivity contribution in [1.29, 1.82) is 0 Å². The lowest BCUT2D eigenvalue weighted by atomic mass is 10.1. The number of halogens is 1. The molecule has 2 rings (SSSR count). The van der Waals surface area contributed by atoms with Crippen LogP contribution in [0.2, 0.25) is 5.02 Å². The van der Waals surface area contributed by atoms with Crippen LogP contribution in [0.25, 0.3) is 0 Å². The first-order chi connectivity index (χ1) is 9.00. The molecular formula is C11H17ClN4O2S. The summed E-state index contributed by atoms with van der Waals surface area (Å²) >= 11 is 6.04. The highest BCUT2D eigenvalue weighted by Gasteiger charge is 2.24. The maximum absolute atomic E-state index is 11.4. The van der Waals surface area contributed by atoms with E-state index in [9.17, 15) is 8.42 Å². The molecule has 2 N–H and O–H groups in total. The van der Waals surface area contributed by atoms with Crippen LogP contribution < -0.4 is 10.6 Å². The third kappa shape index (κ3) is 3.94. The molecule has 0 saturated carbocycles. The van der Waals surface area contributed by atoms with E-state index < -0.39 is 9.84 Å². The van der Waals surface area contributed by atoms with Crippen LogP contribution in [0.3, 0.4) is 0 Å². The molecule has 0 bridgehead atoms. The molecule has 1 saturated heterocycles. The number of nitrogens with one attached hydrogen (secondary N) is 2. The molecule has 0 atom stereocenters. The van der Waals surface area contributed by atoms with Gasteiger partial charge in [-0.3, -0.25) is 0 Å². The van der Waals surface area contributed by atoms with Gasteiger partial charge in [-0.2, -0.15) is 4.98 Å². The Morgan fingerprint density at radius 3 is 2.74 bits per heavy atom. The average molecular weight is 305 g/mol. The Morgan fingerprint density at radius 2 is 2.11 bits per heavy atom. The SMILES string of the molecule is CCNc1ncc(Cl)c(NC2CCS(=O)(=O)CC2)n1. The fourth-order valence-corrected chi connectivity index (χ4v) is 3.58. The van der Waals surface area contributed by atoms with E-state index in [1.165, 1.54) is 6.20 Å². The second-order valence-electron chi connectivity index (χ2n) is 4.49. The first kappa shape index (κ1) is 14.3. The summed E-state index contributed by atoms with van der Waals surface area (Å²) < 4.78 is 22.7. The first-order valence-electron chi connectivity index (χ1n) is 6.23. The second-order valence-corrected chi connectivity index (χ2v) is 7.20. The molecule has 0 unspecified atom stereocenters. The van der Waals surface area contributed by atoms with Crippen molar-refractivity contribution in [2.75, 3.05) is 28.7 Å². The Hall–Kier alpha value is -1.08. The molecule has 0 radical (unpaired) electrons. The number of hydrogen-bond donors (Lipinski definition) is 2. The van der Waals surface area contributed by atoms with E-state index >= 15 is 0 Å². The van der Waals surface area contributed by atoms with Crippen molar-refractivity contribution in [2.45, 2.75) is 25.8 Å². The molecule has 0 amide bonds. The third-order valence-corrected chi connectivity index (χ3v) is 4.97. The fraction of sp³-hybridized carbons (Fsp3) is 0.636. The minimum Gasteiger partial charge on any atom is -0.366 e. The maximum atomic E-state index is 11.4. The molecule has 0 aliphatic carbocycles. The van der Waals surface area contributed by atoms with Gasteiger partial charge in [-0.25, -0.2) is 13.4 Å². The monoisotopic (exact) mass is 304 g/mol. The lowest BCUT2D eigenvalue weighted by Crippen LogP contribution is -2.32. The summed E-state index contributed by atoms with van der Waals surface area (Å²) in [6.45, 7) is 2.68. The van der Waals surface area contributed by atoms with Crippen LogP contribution >= 0.6 is 11.6 Å². The predicted octanol–water partition coefficient (Wildman–Crippen LogP) is 1.55. The van der Waals surface area contributed by atoms with E-state index in [-0.39, 0.29) is 17.5 Å². The minimum atomic E-state index is -2.85.